The van der Waals surface area contributed by atoms with E-state index in [1.165, 1.54) is 0 Å². The molecule has 2 atom stereocenters. The van der Waals surface area contributed by atoms with E-state index < -0.39 is 6.10 Å². The standard InChI is InChI=1S/C12H14O2/c13-10-7-4-8-11(14)12(10)9-5-2-1-3-6-9/h1-3,5-6,10,12-13H,4,7-8H2/t10-,12+/m1/s1. The number of rotatable bonds is 1. The van der Waals surface area contributed by atoms with Gasteiger partial charge in [0.15, 0.2) is 0 Å². The largest absolute Gasteiger partial charge is 0.392 e. The summed E-state index contributed by atoms with van der Waals surface area (Å²) in [6, 6.07) is 9.56. The molecule has 14 heavy (non-hydrogen) atoms. The number of carbonyl (C=O) groups excluding carboxylic acids is 1. The zero-order valence-corrected chi connectivity index (χ0v) is 8.02. The van der Waals surface area contributed by atoms with Crippen LogP contribution in [0.3, 0.4) is 0 Å². The molecular weight excluding hydrogens is 176 g/mol. The molecule has 1 N–H and O–H groups in total. The Morgan fingerprint density at radius 1 is 1.21 bits per heavy atom. The average molecular weight is 190 g/mol. The van der Waals surface area contributed by atoms with Crippen molar-refractivity contribution >= 4 is 5.78 Å². The molecule has 2 rings (SSSR count). The number of hydrogen-bond acceptors (Lipinski definition) is 2. The Labute approximate surface area is 83.6 Å². The van der Waals surface area contributed by atoms with Crippen molar-refractivity contribution in [2.45, 2.75) is 31.3 Å². The average Bonchev–Trinajstić information content (AvgIpc) is 2.19. The number of Topliss-reactive ketones (excluding diaryl/α,β-unsaturated/α-hetero) is 1. The normalized spacial score (nSPS) is 27.6. The molecule has 1 aliphatic carbocycles. The molecule has 1 aromatic carbocycles. The van der Waals surface area contributed by atoms with Crippen LogP contribution in [0.15, 0.2) is 30.3 Å². The van der Waals surface area contributed by atoms with Crippen LogP contribution in [0.25, 0.3) is 0 Å². The summed E-state index contributed by atoms with van der Waals surface area (Å²) >= 11 is 0. The fourth-order valence-electron chi connectivity index (χ4n) is 2.09. The van der Waals surface area contributed by atoms with Gasteiger partial charge >= 0.3 is 0 Å². The zero-order valence-electron chi connectivity index (χ0n) is 8.02. The molecule has 0 aliphatic heterocycles. The number of benzene rings is 1. The lowest BCUT2D eigenvalue weighted by atomic mass is 9.81. The van der Waals surface area contributed by atoms with E-state index in [-0.39, 0.29) is 11.7 Å². The molecule has 74 valence electrons. The predicted molar refractivity (Wildman–Crippen MR) is 54.0 cm³/mol. The number of ketones is 1. The van der Waals surface area contributed by atoms with Crippen molar-refractivity contribution in [3.05, 3.63) is 35.9 Å². The molecule has 0 saturated heterocycles. The Morgan fingerprint density at radius 3 is 2.57 bits per heavy atom. The van der Waals surface area contributed by atoms with Gasteiger partial charge in [-0.25, -0.2) is 0 Å². The van der Waals surface area contributed by atoms with E-state index in [2.05, 4.69) is 0 Å². The maximum absolute atomic E-state index is 11.6. The van der Waals surface area contributed by atoms with E-state index in [0.29, 0.717) is 6.42 Å². The Balaban J connectivity index is 2.27. The zero-order chi connectivity index (χ0) is 9.97. The van der Waals surface area contributed by atoms with Crippen molar-refractivity contribution in [1.82, 2.24) is 0 Å². The molecule has 0 bridgehead atoms. The van der Waals surface area contributed by atoms with Gasteiger partial charge in [-0.05, 0) is 18.4 Å². The van der Waals surface area contributed by atoms with Gasteiger partial charge in [0.25, 0.3) is 0 Å². The molecule has 2 heteroatoms. The van der Waals surface area contributed by atoms with Gasteiger partial charge in [-0.1, -0.05) is 30.3 Å². The first-order chi connectivity index (χ1) is 6.79. The van der Waals surface area contributed by atoms with Crippen LogP contribution >= 0.6 is 0 Å². The monoisotopic (exact) mass is 190 g/mol. The van der Waals surface area contributed by atoms with E-state index >= 15 is 0 Å². The summed E-state index contributed by atoms with van der Waals surface area (Å²) in [5.74, 6) is -0.111. The second-order valence-electron chi connectivity index (χ2n) is 3.81. The van der Waals surface area contributed by atoms with Crippen LogP contribution in [0.2, 0.25) is 0 Å². The number of carbonyl (C=O) groups is 1. The van der Waals surface area contributed by atoms with Crippen molar-refractivity contribution in [1.29, 1.82) is 0 Å². The van der Waals surface area contributed by atoms with E-state index in [4.69, 9.17) is 0 Å². The fraction of sp³-hybridized carbons (Fsp3) is 0.417. The predicted octanol–water partition coefficient (Wildman–Crippen LogP) is 1.88. The van der Waals surface area contributed by atoms with Crippen LogP contribution in [0, 0.1) is 0 Å². The van der Waals surface area contributed by atoms with Gasteiger partial charge in [0.05, 0.1) is 12.0 Å². The van der Waals surface area contributed by atoms with Crippen molar-refractivity contribution in [3.63, 3.8) is 0 Å². The third-order valence-corrected chi connectivity index (χ3v) is 2.81. The molecule has 0 aromatic heterocycles. The van der Waals surface area contributed by atoms with Crippen LogP contribution < -0.4 is 0 Å². The lowest BCUT2D eigenvalue weighted by Gasteiger charge is -2.26. The summed E-state index contributed by atoms with van der Waals surface area (Å²) < 4.78 is 0. The summed E-state index contributed by atoms with van der Waals surface area (Å²) in [7, 11) is 0. The number of aliphatic hydroxyl groups is 1. The molecule has 0 heterocycles. The van der Waals surface area contributed by atoms with Gasteiger partial charge in [-0.3, -0.25) is 4.79 Å². The quantitative estimate of drug-likeness (QED) is 0.734. The van der Waals surface area contributed by atoms with Gasteiger partial charge < -0.3 is 5.11 Å². The Hall–Kier alpha value is -1.15. The molecule has 1 fully saturated rings. The van der Waals surface area contributed by atoms with E-state index in [9.17, 15) is 9.90 Å². The van der Waals surface area contributed by atoms with Gasteiger partial charge in [-0.15, -0.1) is 0 Å². The maximum atomic E-state index is 11.6. The van der Waals surface area contributed by atoms with E-state index in [1.54, 1.807) is 0 Å². The lowest BCUT2D eigenvalue weighted by molar-refractivity contribution is -0.125. The fourth-order valence-corrected chi connectivity index (χ4v) is 2.09. The first-order valence-corrected chi connectivity index (χ1v) is 5.05. The molecule has 0 amide bonds. The smallest absolute Gasteiger partial charge is 0.142 e. The van der Waals surface area contributed by atoms with E-state index in [1.807, 2.05) is 30.3 Å². The summed E-state index contributed by atoms with van der Waals surface area (Å²) in [4.78, 5) is 11.6. The SMILES string of the molecule is O=C1CCC[C@@H](O)[C@@H]1c1ccccc1. The van der Waals surface area contributed by atoms with Gasteiger partial charge in [-0.2, -0.15) is 0 Å². The topological polar surface area (TPSA) is 37.3 Å². The molecule has 0 spiro atoms. The second kappa shape index (κ2) is 3.93. The van der Waals surface area contributed by atoms with Crippen LogP contribution in [-0.2, 0) is 4.79 Å². The molecular formula is C12H14O2. The minimum atomic E-state index is -0.487. The van der Waals surface area contributed by atoms with Crippen molar-refractivity contribution in [2.75, 3.05) is 0 Å². The lowest BCUT2D eigenvalue weighted by Crippen LogP contribution is -2.30. The number of hydrogen-bond donors (Lipinski definition) is 1. The van der Waals surface area contributed by atoms with Crippen LogP contribution in [-0.4, -0.2) is 17.0 Å². The molecule has 2 nitrogen and oxygen atoms in total. The molecule has 0 radical (unpaired) electrons. The number of aliphatic hydroxyl groups excluding tert-OH is 1. The minimum Gasteiger partial charge on any atom is -0.392 e. The summed E-state index contributed by atoms with van der Waals surface area (Å²) in [6.07, 6.45) is 1.68. The van der Waals surface area contributed by atoms with E-state index in [0.717, 1.165) is 18.4 Å². The second-order valence-corrected chi connectivity index (χ2v) is 3.81. The Kier molecular flexibility index (Phi) is 2.64. The highest BCUT2D eigenvalue weighted by Crippen LogP contribution is 2.29. The first-order valence-electron chi connectivity index (χ1n) is 5.05. The Morgan fingerprint density at radius 2 is 1.93 bits per heavy atom. The van der Waals surface area contributed by atoms with Gasteiger partial charge in [0.2, 0.25) is 0 Å². The van der Waals surface area contributed by atoms with Crippen molar-refractivity contribution in [2.24, 2.45) is 0 Å². The third-order valence-electron chi connectivity index (χ3n) is 2.81. The maximum Gasteiger partial charge on any atom is 0.142 e. The molecule has 0 unspecified atom stereocenters. The third kappa shape index (κ3) is 1.70. The molecule has 1 aliphatic rings. The summed E-state index contributed by atoms with van der Waals surface area (Å²) in [5, 5.41) is 9.77. The highest BCUT2D eigenvalue weighted by atomic mass is 16.3. The highest BCUT2D eigenvalue weighted by molar-refractivity contribution is 5.87. The first kappa shape index (κ1) is 9.41. The van der Waals surface area contributed by atoms with Crippen molar-refractivity contribution in [3.8, 4) is 0 Å². The van der Waals surface area contributed by atoms with Crippen LogP contribution in [0.5, 0.6) is 0 Å². The van der Waals surface area contributed by atoms with Gasteiger partial charge in [0, 0.05) is 6.42 Å². The Bertz CT molecular complexity index is 318. The van der Waals surface area contributed by atoms with Gasteiger partial charge in [0.1, 0.15) is 5.78 Å². The highest BCUT2D eigenvalue weighted by Gasteiger charge is 2.31. The minimum absolute atomic E-state index is 0.176. The summed E-state index contributed by atoms with van der Waals surface area (Å²) in [6.45, 7) is 0. The van der Waals surface area contributed by atoms with Crippen LogP contribution in [0.4, 0.5) is 0 Å². The molecule has 1 saturated carbocycles. The van der Waals surface area contributed by atoms with Crippen LogP contribution in [0.1, 0.15) is 30.7 Å². The van der Waals surface area contributed by atoms with Crippen molar-refractivity contribution < 1.29 is 9.90 Å². The molecule has 1 aromatic rings. The summed E-state index contributed by atoms with van der Waals surface area (Å²) in [5.41, 5.74) is 0.949.